The molecule has 1 aromatic carbocycles. The monoisotopic (exact) mass is 316 g/mol. The third-order valence-electron chi connectivity index (χ3n) is 2.63. The lowest BCUT2D eigenvalue weighted by atomic mass is 10.2. The molecule has 0 radical (unpaired) electrons. The molecule has 1 aromatic heterocycles. The predicted octanol–water partition coefficient (Wildman–Crippen LogP) is 2.63. The summed E-state index contributed by atoms with van der Waals surface area (Å²) < 4.78 is 33.0. The van der Waals surface area contributed by atoms with Crippen LogP contribution in [0.4, 0.5) is 0 Å². The number of aryl methyl sites for hydroxylation is 1. The van der Waals surface area contributed by atoms with Crippen LogP contribution in [0.5, 0.6) is 5.75 Å². The fraction of sp³-hybridized carbons (Fsp3) is 0.333. The summed E-state index contributed by atoms with van der Waals surface area (Å²) in [5.41, 5.74) is 0.417. The zero-order chi connectivity index (χ0) is 14.8. The molecule has 2 aromatic rings. The number of nitrogens with zero attached hydrogens (tertiary/aromatic N) is 2. The summed E-state index contributed by atoms with van der Waals surface area (Å²) in [5.74, 6) is 1.20. The molecule has 0 aliphatic rings. The van der Waals surface area contributed by atoms with Crippen molar-refractivity contribution < 1.29 is 17.7 Å². The Hall–Kier alpha value is -1.60. The number of rotatable bonds is 5. The molecular formula is C12H13ClN2O4S. The summed E-state index contributed by atoms with van der Waals surface area (Å²) >= 11 is 0. The molecule has 6 nitrogen and oxygen atoms in total. The molecule has 0 aliphatic carbocycles. The molecule has 0 amide bonds. The average Bonchev–Trinajstić information content (AvgIpc) is 2.86. The Bertz CT molecular complexity index is 712. The maximum Gasteiger partial charge on any atom is 0.261 e. The second-order valence-electron chi connectivity index (χ2n) is 4.06. The summed E-state index contributed by atoms with van der Waals surface area (Å²) in [5, 5.41) is 3.83. The molecule has 0 N–H and O–H groups in total. The molecule has 0 fully saturated rings. The van der Waals surface area contributed by atoms with Crippen LogP contribution in [-0.4, -0.2) is 25.7 Å². The van der Waals surface area contributed by atoms with Crippen LogP contribution in [0.15, 0.2) is 27.6 Å². The van der Waals surface area contributed by atoms with Crippen molar-refractivity contribution in [1.82, 2.24) is 10.1 Å². The molecule has 1 heterocycles. The van der Waals surface area contributed by atoms with Crippen LogP contribution in [0.3, 0.4) is 0 Å². The van der Waals surface area contributed by atoms with E-state index in [1.807, 2.05) is 6.92 Å². The van der Waals surface area contributed by atoms with E-state index in [0.717, 1.165) is 6.42 Å². The maximum atomic E-state index is 11.4. The van der Waals surface area contributed by atoms with E-state index in [1.165, 1.54) is 25.3 Å². The molecule has 8 heteroatoms. The van der Waals surface area contributed by atoms with E-state index < -0.39 is 9.05 Å². The third-order valence-corrected chi connectivity index (χ3v) is 3.98. The van der Waals surface area contributed by atoms with Gasteiger partial charge in [0.25, 0.3) is 9.05 Å². The number of ether oxygens (including phenoxy) is 1. The third kappa shape index (κ3) is 3.10. The molecule has 0 bridgehead atoms. The summed E-state index contributed by atoms with van der Waals surface area (Å²) in [6.45, 7) is 1.99. The van der Waals surface area contributed by atoms with Crippen LogP contribution in [-0.2, 0) is 15.5 Å². The van der Waals surface area contributed by atoms with E-state index in [9.17, 15) is 8.42 Å². The predicted molar refractivity (Wildman–Crippen MR) is 73.3 cm³/mol. The molecule has 0 saturated carbocycles. The molecule has 0 atom stereocenters. The van der Waals surface area contributed by atoms with Crippen molar-refractivity contribution in [3.63, 3.8) is 0 Å². The minimum absolute atomic E-state index is 0.0446. The van der Waals surface area contributed by atoms with E-state index in [1.54, 1.807) is 0 Å². The molecule has 2 rings (SSSR count). The second kappa shape index (κ2) is 5.80. The average molecular weight is 317 g/mol. The zero-order valence-corrected chi connectivity index (χ0v) is 12.5. The van der Waals surface area contributed by atoms with Crippen LogP contribution in [0.1, 0.15) is 19.2 Å². The SMILES string of the molecule is CCCc1nc(-c2cc(S(=O)(=O)Cl)ccc2OC)no1. The van der Waals surface area contributed by atoms with Gasteiger partial charge in [-0.1, -0.05) is 12.1 Å². The van der Waals surface area contributed by atoms with E-state index in [4.69, 9.17) is 19.9 Å². The lowest BCUT2D eigenvalue weighted by molar-refractivity contribution is 0.377. The van der Waals surface area contributed by atoms with Crippen molar-refractivity contribution in [2.24, 2.45) is 0 Å². The Morgan fingerprint density at radius 1 is 1.40 bits per heavy atom. The molecule has 20 heavy (non-hydrogen) atoms. The number of hydrogen-bond acceptors (Lipinski definition) is 6. The van der Waals surface area contributed by atoms with E-state index in [-0.39, 0.29) is 10.7 Å². The highest BCUT2D eigenvalue weighted by Crippen LogP contribution is 2.31. The highest BCUT2D eigenvalue weighted by atomic mass is 35.7. The topological polar surface area (TPSA) is 82.3 Å². The second-order valence-corrected chi connectivity index (χ2v) is 6.63. The number of hydrogen-bond donors (Lipinski definition) is 0. The smallest absolute Gasteiger partial charge is 0.261 e. The minimum Gasteiger partial charge on any atom is -0.496 e. The number of aromatic nitrogens is 2. The van der Waals surface area contributed by atoms with Crippen molar-refractivity contribution in [3.8, 4) is 17.1 Å². The van der Waals surface area contributed by atoms with Gasteiger partial charge in [0.1, 0.15) is 5.75 Å². The Morgan fingerprint density at radius 2 is 2.15 bits per heavy atom. The fourth-order valence-corrected chi connectivity index (χ4v) is 2.47. The van der Waals surface area contributed by atoms with Gasteiger partial charge in [-0.2, -0.15) is 4.98 Å². The van der Waals surface area contributed by atoms with Gasteiger partial charge in [-0.15, -0.1) is 0 Å². The van der Waals surface area contributed by atoms with Gasteiger partial charge in [-0.05, 0) is 24.6 Å². The minimum atomic E-state index is -3.83. The Morgan fingerprint density at radius 3 is 2.75 bits per heavy atom. The van der Waals surface area contributed by atoms with Crippen molar-refractivity contribution >= 4 is 19.7 Å². The number of halogens is 1. The highest BCUT2D eigenvalue weighted by Gasteiger charge is 2.18. The lowest BCUT2D eigenvalue weighted by Gasteiger charge is -2.06. The molecule has 0 spiro atoms. The Labute approximate surface area is 121 Å². The standard InChI is InChI=1S/C12H13ClN2O4S/c1-3-4-11-14-12(15-19-11)9-7-8(20(13,16)17)5-6-10(9)18-2/h5-7H,3-4H2,1-2H3. The molecule has 108 valence electrons. The van der Waals surface area contributed by atoms with Gasteiger partial charge in [0.2, 0.25) is 11.7 Å². The Kier molecular flexibility index (Phi) is 4.29. The number of benzene rings is 1. The molecular weight excluding hydrogens is 304 g/mol. The maximum absolute atomic E-state index is 11.4. The summed E-state index contributed by atoms with van der Waals surface area (Å²) in [4.78, 5) is 4.16. The largest absolute Gasteiger partial charge is 0.496 e. The zero-order valence-electron chi connectivity index (χ0n) is 11.0. The van der Waals surface area contributed by atoms with Gasteiger partial charge in [0.05, 0.1) is 17.6 Å². The van der Waals surface area contributed by atoms with Crippen molar-refractivity contribution in [2.75, 3.05) is 7.11 Å². The van der Waals surface area contributed by atoms with E-state index >= 15 is 0 Å². The van der Waals surface area contributed by atoms with Crippen molar-refractivity contribution in [3.05, 3.63) is 24.1 Å². The first-order chi connectivity index (χ1) is 9.45. The molecule has 0 unspecified atom stereocenters. The summed E-state index contributed by atoms with van der Waals surface area (Å²) in [6, 6.07) is 4.22. The lowest BCUT2D eigenvalue weighted by Crippen LogP contribution is -1.95. The van der Waals surface area contributed by atoms with Crippen LogP contribution < -0.4 is 4.74 Å². The first kappa shape index (κ1) is 14.8. The quantitative estimate of drug-likeness (QED) is 0.789. The summed E-state index contributed by atoms with van der Waals surface area (Å²) in [6.07, 6.45) is 1.53. The molecule has 0 saturated heterocycles. The van der Waals surface area contributed by atoms with Gasteiger partial charge in [-0.3, -0.25) is 0 Å². The van der Waals surface area contributed by atoms with E-state index in [2.05, 4.69) is 10.1 Å². The van der Waals surface area contributed by atoms with Crippen LogP contribution in [0.2, 0.25) is 0 Å². The first-order valence-electron chi connectivity index (χ1n) is 5.91. The van der Waals surface area contributed by atoms with Crippen molar-refractivity contribution in [2.45, 2.75) is 24.7 Å². The van der Waals surface area contributed by atoms with Gasteiger partial charge in [-0.25, -0.2) is 8.42 Å². The van der Waals surface area contributed by atoms with Gasteiger partial charge < -0.3 is 9.26 Å². The van der Waals surface area contributed by atoms with Gasteiger partial charge in [0, 0.05) is 17.1 Å². The van der Waals surface area contributed by atoms with Crippen molar-refractivity contribution in [1.29, 1.82) is 0 Å². The fourth-order valence-electron chi connectivity index (χ4n) is 1.69. The number of methoxy groups -OCH3 is 1. The Balaban J connectivity index is 2.52. The van der Waals surface area contributed by atoms with E-state index in [0.29, 0.717) is 23.6 Å². The van der Waals surface area contributed by atoms with Crippen LogP contribution >= 0.6 is 10.7 Å². The van der Waals surface area contributed by atoms with Gasteiger partial charge >= 0.3 is 0 Å². The van der Waals surface area contributed by atoms with Gasteiger partial charge in [0.15, 0.2) is 0 Å². The normalized spacial score (nSPS) is 11.6. The summed E-state index contributed by atoms with van der Waals surface area (Å²) in [7, 11) is 2.98. The highest BCUT2D eigenvalue weighted by molar-refractivity contribution is 8.13. The molecule has 0 aliphatic heterocycles. The van der Waals surface area contributed by atoms with Crippen LogP contribution in [0.25, 0.3) is 11.4 Å². The van der Waals surface area contributed by atoms with Crippen LogP contribution in [0, 0.1) is 0 Å². The first-order valence-corrected chi connectivity index (χ1v) is 8.22.